The zero-order valence-electron chi connectivity index (χ0n) is 13.4. The van der Waals surface area contributed by atoms with Gasteiger partial charge in [-0.05, 0) is 56.2 Å². The molecule has 2 rings (SSSR count). The molecule has 0 heterocycles. The second kappa shape index (κ2) is 6.92. The fourth-order valence-corrected chi connectivity index (χ4v) is 2.57. The molecule has 0 unspecified atom stereocenters. The molecular formula is C18H20ClNO3. The number of hydrogen-bond donors (Lipinski definition) is 2. The first-order chi connectivity index (χ1) is 10.8. The van der Waals surface area contributed by atoms with Crippen LogP contribution in [0, 0.1) is 0 Å². The Morgan fingerprint density at radius 2 is 1.87 bits per heavy atom. The number of ether oxygens (including phenoxy) is 1. The van der Waals surface area contributed by atoms with Crippen LogP contribution in [0.4, 0.5) is 0 Å². The van der Waals surface area contributed by atoms with Crippen LogP contribution in [0.1, 0.15) is 29.8 Å². The van der Waals surface area contributed by atoms with Crippen molar-refractivity contribution in [2.24, 2.45) is 0 Å². The molecule has 0 spiro atoms. The molecule has 2 N–H and O–H groups in total. The molecule has 2 aromatic carbocycles. The summed E-state index contributed by atoms with van der Waals surface area (Å²) in [4.78, 5) is 12.5. The number of hydrogen-bond acceptors (Lipinski definition) is 3. The number of nitrogens with one attached hydrogen (secondary N) is 1. The summed E-state index contributed by atoms with van der Waals surface area (Å²) < 4.78 is 5.22. The number of halogens is 1. The maximum absolute atomic E-state index is 12.5. The molecular weight excluding hydrogens is 314 g/mol. The van der Waals surface area contributed by atoms with Crippen LogP contribution in [0.3, 0.4) is 0 Å². The first kappa shape index (κ1) is 17.2. The second-order valence-corrected chi connectivity index (χ2v) is 6.46. The van der Waals surface area contributed by atoms with Crippen molar-refractivity contribution in [3.8, 4) is 11.5 Å². The number of benzene rings is 2. The summed E-state index contributed by atoms with van der Waals surface area (Å²) in [5.74, 6) is 0.458. The molecule has 2 aromatic rings. The van der Waals surface area contributed by atoms with E-state index >= 15 is 0 Å². The Balaban J connectivity index is 2.14. The van der Waals surface area contributed by atoms with Crippen LogP contribution in [0.5, 0.6) is 11.5 Å². The maximum atomic E-state index is 12.5. The highest BCUT2D eigenvalue weighted by atomic mass is 35.5. The summed E-state index contributed by atoms with van der Waals surface area (Å²) in [6.45, 7) is 3.88. The monoisotopic (exact) mass is 333 g/mol. The minimum atomic E-state index is -0.471. The van der Waals surface area contributed by atoms with E-state index in [2.05, 4.69) is 5.32 Å². The van der Waals surface area contributed by atoms with Gasteiger partial charge in [-0.15, -0.1) is 0 Å². The van der Waals surface area contributed by atoms with E-state index in [0.717, 1.165) is 5.56 Å². The molecule has 0 aliphatic heterocycles. The molecule has 0 aliphatic carbocycles. The largest absolute Gasteiger partial charge is 0.508 e. The molecule has 1 amide bonds. The van der Waals surface area contributed by atoms with Crippen molar-refractivity contribution < 1.29 is 14.6 Å². The Labute approximate surface area is 141 Å². The van der Waals surface area contributed by atoms with E-state index in [0.29, 0.717) is 22.8 Å². The van der Waals surface area contributed by atoms with E-state index in [1.807, 2.05) is 26.0 Å². The van der Waals surface area contributed by atoms with Crippen molar-refractivity contribution in [3.63, 3.8) is 0 Å². The molecule has 4 nitrogen and oxygen atoms in total. The molecule has 5 heteroatoms. The Kier molecular flexibility index (Phi) is 5.16. The maximum Gasteiger partial charge on any atom is 0.255 e. The number of rotatable bonds is 5. The lowest BCUT2D eigenvalue weighted by Crippen LogP contribution is -2.45. The van der Waals surface area contributed by atoms with Gasteiger partial charge >= 0.3 is 0 Å². The highest BCUT2D eigenvalue weighted by Gasteiger charge is 2.23. The molecule has 122 valence electrons. The van der Waals surface area contributed by atoms with Crippen LogP contribution in [-0.4, -0.2) is 23.7 Å². The van der Waals surface area contributed by atoms with Gasteiger partial charge in [0.2, 0.25) is 0 Å². The smallest absolute Gasteiger partial charge is 0.255 e. The lowest BCUT2D eigenvalue weighted by atomic mass is 9.94. The topological polar surface area (TPSA) is 58.6 Å². The summed E-state index contributed by atoms with van der Waals surface area (Å²) in [6.07, 6.45) is 0.627. The Bertz CT molecular complexity index is 696. The number of methoxy groups -OCH3 is 1. The van der Waals surface area contributed by atoms with Gasteiger partial charge in [0.05, 0.1) is 12.7 Å². The quantitative estimate of drug-likeness (QED) is 0.874. The third-order valence-electron chi connectivity index (χ3n) is 3.44. The van der Waals surface area contributed by atoms with Gasteiger partial charge in [0.25, 0.3) is 5.91 Å². The van der Waals surface area contributed by atoms with Gasteiger partial charge < -0.3 is 15.2 Å². The lowest BCUT2D eigenvalue weighted by molar-refractivity contribution is 0.0910. The third kappa shape index (κ3) is 4.63. The zero-order chi connectivity index (χ0) is 17.0. The molecule has 0 aliphatic rings. The van der Waals surface area contributed by atoms with Crippen molar-refractivity contribution in [1.82, 2.24) is 5.32 Å². The van der Waals surface area contributed by atoms with E-state index in [1.165, 1.54) is 7.11 Å². The summed E-state index contributed by atoms with van der Waals surface area (Å²) >= 11 is 5.97. The average molecular weight is 334 g/mol. The highest BCUT2D eigenvalue weighted by molar-refractivity contribution is 6.31. The van der Waals surface area contributed by atoms with Crippen LogP contribution in [0.25, 0.3) is 0 Å². The fourth-order valence-electron chi connectivity index (χ4n) is 2.40. The van der Waals surface area contributed by atoms with Gasteiger partial charge in [-0.1, -0.05) is 23.7 Å². The molecule has 0 atom stereocenters. The third-order valence-corrected chi connectivity index (χ3v) is 3.68. The molecule has 0 fully saturated rings. The van der Waals surface area contributed by atoms with E-state index in [9.17, 15) is 9.90 Å². The number of carbonyl (C=O) groups excluding carboxylic acids is 1. The number of carbonyl (C=O) groups is 1. The normalized spacial score (nSPS) is 11.1. The summed E-state index contributed by atoms with van der Waals surface area (Å²) in [6, 6.07) is 11.9. The fraction of sp³-hybridized carbons (Fsp3) is 0.278. The van der Waals surface area contributed by atoms with Crippen LogP contribution in [-0.2, 0) is 6.42 Å². The van der Waals surface area contributed by atoms with Gasteiger partial charge in [-0.3, -0.25) is 4.79 Å². The predicted octanol–water partition coefficient (Wildman–Crippen LogP) is 3.81. The van der Waals surface area contributed by atoms with Crippen LogP contribution >= 0.6 is 11.6 Å². The molecule has 0 saturated carbocycles. The number of amides is 1. The molecule has 0 radical (unpaired) electrons. The van der Waals surface area contributed by atoms with Crippen molar-refractivity contribution in [2.45, 2.75) is 25.8 Å². The number of phenols is 1. The van der Waals surface area contributed by atoms with Crippen molar-refractivity contribution >= 4 is 17.5 Å². The minimum absolute atomic E-state index is 0.222. The lowest BCUT2D eigenvalue weighted by Gasteiger charge is -2.27. The van der Waals surface area contributed by atoms with Crippen LogP contribution in [0.15, 0.2) is 42.5 Å². The summed E-state index contributed by atoms with van der Waals surface area (Å²) in [7, 11) is 1.52. The number of phenolic OH excluding ortho intramolecular Hbond substituents is 1. The Morgan fingerprint density at radius 3 is 2.48 bits per heavy atom. The van der Waals surface area contributed by atoms with Crippen molar-refractivity contribution in [3.05, 3.63) is 58.6 Å². The highest BCUT2D eigenvalue weighted by Crippen LogP contribution is 2.24. The van der Waals surface area contributed by atoms with Gasteiger partial charge in [0.1, 0.15) is 11.5 Å². The van der Waals surface area contributed by atoms with Gasteiger partial charge in [-0.25, -0.2) is 0 Å². The summed E-state index contributed by atoms with van der Waals surface area (Å²) in [5, 5.41) is 12.8. The van der Waals surface area contributed by atoms with E-state index in [4.69, 9.17) is 16.3 Å². The van der Waals surface area contributed by atoms with E-state index < -0.39 is 5.54 Å². The molecule has 0 bridgehead atoms. The van der Waals surface area contributed by atoms with E-state index in [1.54, 1.807) is 30.3 Å². The molecule has 0 aromatic heterocycles. The first-order valence-electron chi connectivity index (χ1n) is 7.25. The van der Waals surface area contributed by atoms with Crippen LogP contribution in [0.2, 0.25) is 5.02 Å². The Hall–Kier alpha value is -2.20. The minimum Gasteiger partial charge on any atom is -0.508 e. The second-order valence-electron chi connectivity index (χ2n) is 6.03. The SMILES string of the molecule is COc1ccc(Cl)cc1C(=O)NC(C)(C)Cc1ccc(O)cc1. The molecule has 23 heavy (non-hydrogen) atoms. The van der Waals surface area contributed by atoms with Gasteiger partial charge in [-0.2, -0.15) is 0 Å². The van der Waals surface area contributed by atoms with Gasteiger partial charge in [0, 0.05) is 10.6 Å². The van der Waals surface area contributed by atoms with E-state index in [-0.39, 0.29) is 11.7 Å². The van der Waals surface area contributed by atoms with Crippen LogP contribution < -0.4 is 10.1 Å². The first-order valence-corrected chi connectivity index (χ1v) is 7.62. The zero-order valence-corrected chi connectivity index (χ0v) is 14.1. The molecule has 0 saturated heterocycles. The Morgan fingerprint density at radius 1 is 1.22 bits per heavy atom. The van der Waals surface area contributed by atoms with Crippen molar-refractivity contribution in [2.75, 3.05) is 7.11 Å². The summed E-state index contributed by atoms with van der Waals surface area (Å²) in [5.41, 5.74) is 0.950. The standard InChI is InChI=1S/C18H20ClNO3/c1-18(2,11-12-4-7-14(21)8-5-12)20-17(22)15-10-13(19)6-9-16(15)23-3/h4-10,21H,11H2,1-3H3,(H,20,22). The number of aromatic hydroxyl groups is 1. The average Bonchev–Trinajstić information content (AvgIpc) is 2.49. The van der Waals surface area contributed by atoms with Crippen molar-refractivity contribution in [1.29, 1.82) is 0 Å². The van der Waals surface area contributed by atoms with Gasteiger partial charge in [0.15, 0.2) is 0 Å². The predicted molar refractivity (Wildman–Crippen MR) is 91.4 cm³/mol.